The molecular formula is C35H27FN2O5. The van der Waals surface area contributed by atoms with Gasteiger partial charge in [0.05, 0.1) is 5.92 Å². The maximum absolute atomic E-state index is 14.1. The van der Waals surface area contributed by atoms with E-state index in [1.807, 2.05) is 39.0 Å². The third-order valence-electron chi connectivity index (χ3n) is 7.76. The van der Waals surface area contributed by atoms with Crippen molar-refractivity contribution in [3.05, 3.63) is 135 Å². The van der Waals surface area contributed by atoms with Crippen molar-refractivity contribution < 1.29 is 27.8 Å². The third-order valence-corrected chi connectivity index (χ3v) is 7.76. The van der Waals surface area contributed by atoms with Crippen LogP contribution in [0.4, 0.5) is 4.39 Å². The summed E-state index contributed by atoms with van der Waals surface area (Å²) in [5, 5.41) is 10.8. The Morgan fingerprint density at radius 1 is 0.977 bits per heavy atom. The monoisotopic (exact) mass is 574 g/mol. The van der Waals surface area contributed by atoms with Crippen LogP contribution in [0.2, 0.25) is 0 Å². The van der Waals surface area contributed by atoms with Gasteiger partial charge in [-0.05, 0) is 61.7 Å². The van der Waals surface area contributed by atoms with Gasteiger partial charge in [-0.1, -0.05) is 48.5 Å². The number of nitriles is 1. The van der Waals surface area contributed by atoms with E-state index in [0.29, 0.717) is 33.8 Å². The fourth-order valence-electron chi connectivity index (χ4n) is 5.27. The largest absolute Gasteiger partial charge is 0.489 e. The highest BCUT2D eigenvalue weighted by Gasteiger charge is 2.32. The molecule has 0 aliphatic carbocycles. The van der Waals surface area contributed by atoms with Crippen molar-refractivity contribution in [2.24, 2.45) is 5.73 Å². The van der Waals surface area contributed by atoms with Gasteiger partial charge >= 0.3 is 5.97 Å². The number of aryl methyl sites for hydroxylation is 3. The Bertz CT molecular complexity index is 1980. The minimum Gasteiger partial charge on any atom is -0.489 e. The van der Waals surface area contributed by atoms with Crippen molar-refractivity contribution in [3.63, 3.8) is 0 Å². The Labute approximate surface area is 247 Å². The third kappa shape index (κ3) is 5.06. The fraction of sp³-hybridized carbons (Fsp3) is 0.143. The van der Waals surface area contributed by atoms with Crippen LogP contribution in [0.3, 0.4) is 0 Å². The molecule has 0 fully saturated rings. The highest BCUT2D eigenvalue weighted by atomic mass is 19.1. The lowest BCUT2D eigenvalue weighted by atomic mass is 9.83. The van der Waals surface area contributed by atoms with Gasteiger partial charge in [0.2, 0.25) is 11.6 Å². The number of halogens is 1. The van der Waals surface area contributed by atoms with Gasteiger partial charge in [0.1, 0.15) is 46.9 Å². The molecule has 0 bridgehead atoms. The van der Waals surface area contributed by atoms with Crippen molar-refractivity contribution in [1.82, 2.24) is 0 Å². The molecule has 0 saturated carbocycles. The van der Waals surface area contributed by atoms with E-state index in [0.717, 1.165) is 22.1 Å². The van der Waals surface area contributed by atoms with Crippen molar-refractivity contribution >= 4 is 16.9 Å². The molecule has 1 aliphatic heterocycles. The zero-order valence-corrected chi connectivity index (χ0v) is 23.7. The van der Waals surface area contributed by atoms with Gasteiger partial charge in [0, 0.05) is 28.1 Å². The predicted octanol–water partition coefficient (Wildman–Crippen LogP) is 7.51. The topological polar surface area (TPSA) is 108 Å². The first-order valence-electron chi connectivity index (χ1n) is 13.6. The zero-order valence-electron chi connectivity index (χ0n) is 23.7. The molecule has 214 valence electrons. The molecular weight excluding hydrogens is 547 g/mol. The van der Waals surface area contributed by atoms with Crippen LogP contribution >= 0.6 is 0 Å². The van der Waals surface area contributed by atoms with E-state index in [9.17, 15) is 14.4 Å². The number of nitrogens with two attached hydrogens (primary N) is 1. The Balaban J connectivity index is 1.29. The lowest BCUT2D eigenvalue weighted by molar-refractivity contribution is 0.0702. The maximum Gasteiger partial charge on any atom is 0.379 e. The molecule has 1 atom stereocenters. The van der Waals surface area contributed by atoms with E-state index >= 15 is 0 Å². The van der Waals surface area contributed by atoms with E-state index < -0.39 is 11.9 Å². The molecule has 0 spiro atoms. The van der Waals surface area contributed by atoms with Gasteiger partial charge in [-0.2, -0.15) is 5.26 Å². The number of rotatable bonds is 6. The summed E-state index contributed by atoms with van der Waals surface area (Å²) in [6.07, 6.45) is 0. The van der Waals surface area contributed by atoms with Crippen LogP contribution in [0.15, 0.2) is 94.7 Å². The molecule has 7 nitrogen and oxygen atoms in total. The smallest absolute Gasteiger partial charge is 0.379 e. The molecule has 1 aromatic heterocycles. The van der Waals surface area contributed by atoms with Gasteiger partial charge in [0.15, 0.2) is 0 Å². The second kappa shape index (κ2) is 11.0. The summed E-state index contributed by atoms with van der Waals surface area (Å²) in [5.41, 5.74) is 11.6. The first-order valence-corrected chi connectivity index (χ1v) is 13.6. The Hall–Kier alpha value is -5.55. The van der Waals surface area contributed by atoms with Crippen LogP contribution in [0.25, 0.3) is 11.0 Å². The van der Waals surface area contributed by atoms with Gasteiger partial charge in [-0.25, -0.2) is 9.18 Å². The molecule has 4 aromatic carbocycles. The van der Waals surface area contributed by atoms with Crippen LogP contribution in [-0.2, 0) is 6.61 Å². The number of fused-ring (bicyclic) bond motifs is 2. The van der Waals surface area contributed by atoms with Crippen LogP contribution in [0.5, 0.6) is 17.2 Å². The number of carbonyl (C=O) groups is 1. The fourth-order valence-corrected chi connectivity index (χ4v) is 5.27. The number of benzene rings is 4. The molecule has 0 radical (unpaired) electrons. The second-order valence-corrected chi connectivity index (χ2v) is 10.4. The molecule has 1 aliphatic rings. The summed E-state index contributed by atoms with van der Waals surface area (Å²) in [7, 11) is 0. The van der Waals surface area contributed by atoms with Gasteiger partial charge in [0.25, 0.3) is 0 Å². The molecule has 1 unspecified atom stereocenters. The number of carbonyl (C=O) groups excluding carboxylic acids is 1. The minimum atomic E-state index is -0.640. The molecule has 0 amide bonds. The van der Waals surface area contributed by atoms with Crippen molar-refractivity contribution in [2.45, 2.75) is 33.3 Å². The van der Waals surface area contributed by atoms with E-state index in [4.69, 9.17) is 24.4 Å². The Kier molecular flexibility index (Phi) is 7.08. The Morgan fingerprint density at radius 3 is 2.58 bits per heavy atom. The zero-order chi connectivity index (χ0) is 30.2. The van der Waals surface area contributed by atoms with E-state index in [1.165, 1.54) is 6.07 Å². The van der Waals surface area contributed by atoms with Crippen LogP contribution in [0.1, 0.15) is 49.9 Å². The van der Waals surface area contributed by atoms with Gasteiger partial charge in [-0.3, -0.25) is 0 Å². The number of ether oxygens (including phenoxy) is 3. The highest BCUT2D eigenvalue weighted by molar-refractivity contribution is 5.98. The quantitative estimate of drug-likeness (QED) is 0.165. The molecule has 8 heteroatoms. The molecule has 2 heterocycles. The normalized spacial score (nSPS) is 14.2. The average molecular weight is 575 g/mol. The number of allylic oxidation sites excluding steroid dienone is 1. The number of esters is 1. The SMILES string of the molecule is Cc1ccc2c(C)c(C(=O)Oc3ccc4c(c3)OC(N)=C(C#N)C4c3cccc(OCc4ccccc4F)c3)oc2c1C. The lowest BCUT2D eigenvalue weighted by Crippen LogP contribution is -2.21. The number of nitrogens with zero attached hydrogens (tertiary/aromatic N) is 1. The first kappa shape index (κ1) is 27.6. The first-order chi connectivity index (χ1) is 20.7. The van der Waals surface area contributed by atoms with Crippen LogP contribution in [0, 0.1) is 37.9 Å². The Morgan fingerprint density at radius 2 is 1.79 bits per heavy atom. The molecule has 43 heavy (non-hydrogen) atoms. The average Bonchev–Trinajstić information content (AvgIpc) is 3.34. The summed E-state index contributed by atoms with van der Waals surface area (Å²) in [6.45, 7) is 5.80. The van der Waals surface area contributed by atoms with E-state index in [2.05, 4.69) is 6.07 Å². The van der Waals surface area contributed by atoms with Crippen molar-refractivity contribution in [2.75, 3.05) is 0 Å². The summed E-state index contributed by atoms with van der Waals surface area (Å²) in [6, 6.07) is 24.6. The van der Waals surface area contributed by atoms with E-state index in [-0.39, 0.29) is 35.4 Å². The predicted molar refractivity (Wildman–Crippen MR) is 158 cm³/mol. The lowest BCUT2D eigenvalue weighted by Gasteiger charge is -2.27. The van der Waals surface area contributed by atoms with Gasteiger partial charge in [-0.15, -0.1) is 0 Å². The standard InChI is InChI=1S/C35H27FN2O5/c1-19-11-13-26-21(3)33(43-32(26)20(19)2)35(39)41-25-12-14-27-30(16-25)42-34(38)28(17-37)31(27)22-8-6-9-24(15-22)40-18-23-7-4-5-10-29(23)36/h4-16,31H,18,38H2,1-3H3. The number of hydrogen-bond acceptors (Lipinski definition) is 7. The summed E-state index contributed by atoms with van der Waals surface area (Å²) >= 11 is 0. The maximum atomic E-state index is 14.1. The highest BCUT2D eigenvalue weighted by Crippen LogP contribution is 2.44. The second-order valence-electron chi connectivity index (χ2n) is 10.4. The number of hydrogen-bond donors (Lipinski definition) is 1. The van der Waals surface area contributed by atoms with Crippen molar-refractivity contribution in [3.8, 4) is 23.3 Å². The molecule has 6 rings (SSSR count). The van der Waals surface area contributed by atoms with Gasteiger partial charge < -0.3 is 24.4 Å². The van der Waals surface area contributed by atoms with Crippen LogP contribution < -0.4 is 19.9 Å². The molecule has 2 N–H and O–H groups in total. The number of furan rings is 1. The van der Waals surface area contributed by atoms with Crippen molar-refractivity contribution in [1.29, 1.82) is 5.26 Å². The van der Waals surface area contributed by atoms with Crippen LogP contribution in [-0.4, -0.2) is 5.97 Å². The molecule has 5 aromatic rings. The van der Waals surface area contributed by atoms with E-state index in [1.54, 1.807) is 54.6 Å². The minimum absolute atomic E-state index is 0.0438. The summed E-state index contributed by atoms with van der Waals surface area (Å²) < 4.78 is 37.4. The summed E-state index contributed by atoms with van der Waals surface area (Å²) in [4.78, 5) is 13.2. The summed E-state index contributed by atoms with van der Waals surface area (Å²) in [5.74, 6) is -0.418. The molecule has 0 saturated heterocycles.